The molecule has 5 nitrogen and oxygen atoms in total. The molecular formula is C9H12ClN3O2S. The van der Waals surface area contributed by atoms with Crippen molar-refractivity contribution in [2.75, 3.05) is 0 Å². The van der Waals surface area contributed by atoms with Gasteiger partial charge in [0.2, 0.25) is 9.47 Å². The zero-order chi connectivity index (χ0) is 11.5. The van der Waals surface area contributed by atoms with Crippen molar-refractivity contribution < 1.29 is 9.90 Å². The molecule has 0 spiro atoms. The molecule has 0 saturated heterocycles. The summed E-state index contributed by atoms with van der Waals surface area (Å²) in [6.07, 6.45) is 2.87. The Bertz CT molecular complexity index is 377. The first kappa shape index (κ1) is 11.8. The van der Waals surface area contributed by atoms with E-state index in [9.17, 15) is 9.90 Å². The van der Waals surface area contributed by atoms with Gasteiger partial charge < -0.3 is 10.4 Å². The summed E-state index contributed by atoms with van der Waals surface area (Å²) >= 11 is 6.66. The summed E-state index contributed by atoms with van der Waals surface area (Å²) in [4.78, 5) is 11.7. The number of halogens is 1. The second-order valence-electron chi connectivity index (χ2n) is 3.84. The average Bonchev–Trinajstić information content (AvgIpc) is 2.68. The molecule has 0 aromatic carbocycles. The molecule has 0 radical (unpaired) electrons. The third kappa shape index (κ3) is 2.90. The molecule has 1 aliphatic carbocycles. The average molecular weight is 262 g/mol. The summed E-state index contributed by atoms with van der Waals surface area (Å²) in [5.74, 6) is -0.231. The highest BCUT2D eigenvalue weighted by Crippen LogP contribution is 2.20. The van der Waals surface area contributed by atoms with Crippen LogP contribution in [0, 0.1) is 0 Å². The van der Waals surface area contributed by atoms with Crippen LogP contribution in [0.15, 0.2) is 0 Å². The maximum atomic E-state index is 11.7. The predicted octanol–water partition coefficient (Wildman–Crippen LogP) is 1.22. The van der Waals surface area contributed by atoms with Crippen LogP contribution in [0.2, 0.25) is 4.47 Å². The van der Waals surface area contributed by atoms with E-state index in [1.165, 1.54) is 0 Å². The third-order valence-corrected chi connectivity index (χ3v) is 3.64. The summed E-state index contributed by atoms with van der Waals surface area (Å²) in [6.45, 7) is 0. The van der Waals surface area contributed by atoms with Crippen molar-refractivity contribution in [3.63, 3.8) is 0 Å². The standard InChI is InChI=1S/C9H12ClN3O2S/c10-9-13-12-8(16-9)7(15)11-5-1-3-6(14)4-2-5/h5-6,14H,1-4H2,(H,11,15). The Labute approximate surface area is 102 Å². The zero-order valence-electron chi connectivity index (χ0n) is 8.52. The molecule has 2 N–H and O–H groups in total. The number of carbonyl (C=O) groups is 1. The van der Waals surface area contributed by atoms with Crippen LogP contribution in [0.1, 0.15) is 35.5 Å². The minimum Gasteiger partial charge on any atom is -0.393 e. The van der Waals surface area contributed by atoms with E-state index in [0.29, 0.717) is 0 Å². The lowest BCUT2D eigenvalue weighted by Crippen LogP contribution is -2.38. The van der Waals surface area contributed by atoms with Crippen LogP contribution in [0.5, 0.6) is 0 Å². The molecule has 1 saturated carbocycles. The minimum absolute atomic E-state index is 0.124. The van der Waals surface area contributed by atoms with Crippen LogP contribution in [-0.2, 0) is 0 Å². The van der Waals surface area contributed by atoms with Gasteiger partial charge in [-0.15, -0.1) is 10.2 Å². The molecule has 2 rings (SSSR count). The van der Waals surface area contributed by atoms with E-state index in [1.807, 2.05) is 0 Å². The molecule has 0 atom stereocenters. The van der Waals surface area contributed by atoms with Gasteiger partial charge in [-0.05, 0) is 37.3 Å². The number of amides is 1. The van der Waals surface area contributed by atoms with Gasteiger partial charge in [0.25, 0.3) is 5.91 Å². The molecule has 1 aromatic rings. The van der Waals surface area contributed by atoms with E-state index in [4.69, 9.17) is 11.6 Å². The molecule has 1 aromatic heterocycles. The fourth-order valence-electron chi connectivity index (χ4n) is 1.76. The van der Waals surface area contributed by atoms with Crippen molar-refractivity contribution in [1.29, 1.82) is 0 Å². The van der Waals surface area contributed by atoms with Crippen molar-refractivity contribution in [3.8, 4) is 0 Å². The van der Waals surface area contributed by atoms with Gasteiger partial charge in [-0.2, -0.15) is 0 Å². The van der Waals surface area contributed by atoms with Gasteiger partial charge in [0.05, 0.1) is 6.10 Å². The van der Waals surface area contributed by atoms with E-state index >= 15 is 0 Å². The van der Waals surface area contributed by atoms with Gasteiger partial charge in [-0.1, -0.05) is 11.3 Å². The molecule has 0 aliphatic heterocycles. The Hall–Kier alpha value is -0.720. The maximum absolute atomic E-state index is 11.7. The molecule has 1 heterocycles. The summed E-state index contributed by atoms with van der Waals surface area (Å²) in [5, 5.41) is 19.7. The monoisotopic (exact) mass is 261 g/mol. The van der Waals surface area contributed by atoms with E-state index in [2.05, 4.69) is 15.5 Å². The van der Waals surface area contributed by atoms with Gasteiger partial charge in [-0.25, -0.2) is 0 Å². The smallest absolute Gasteiger partial charge is 0.282 e. The molecule has 0 bridgehead atoms. The highest BCUT2D eigenvalue weighted by molar-refractivity contribution is 7.17. The fourth-order valence-corrected chi connectivity index (χ4v) is 2.50. The normalized spacial score (nSPS) is 25.4. The van der Waals surface area contributed by atoms with Crippen molar-refractivity contribution in [2.24, 2.45) is 0 Å². The predicted molar refractivity (Wildman–Crippen MR) is 60.6 cm³/mol. The quantitative estimate of drug-likeness (QED) is 0.840. The Kier molecular flexibility index (Phi) is 3.73. The first-order valence-corrected chi connectivity index (χ1v) is 6.32. The molecule has 0 unspecified atom stereocenters. The number of rotatable bonds is 2. The number of hydrogen-bond donors (Lipinski definition) is 2. The molecule has 1 fully saturated rings. The number of aliphatic hydroxyl groups excluding tert-OH is 1. The SMILES string of the molecule is O=C(NC1CCC(O)CC1)c1nnc(Cl)s1. The Morgan fingerprint density at radius 3 is 2.62 bits per heavy atom. The van der Waals surface area contributed by atoms with Crippen molar-refractivity contribution in [3.05, 3.63) is 9.47 Å². The fraction of sp³-hybridized carbons (Fsp3) is 0.667. The van der Waals surface area contributed by atoms with Gasteiger partial charge in [0.15, 0.2) is 0 Å². The minimum atomic E-state index is -0.231. The highest BCUT2D eigenvalue weighted by Gasteiger charge is 2.22. The van der Waals surface area contributed by atoms with Crippen LogP contribution < -0.4 is 5.32 Å². The van der Waals surface area contributed by atoms with Crippen LogP contribution in [0.4, 0.5) is 0 Å². The topological polar surface area (TPSA) is 75.1 Å². The van der Waals surface area contributed by atoms with E-state index in [1.54, 1.807) is 0 Å². The summed E-state index contributed by atoms with van der Waals surface area (Å²) in [5.41, 5.74) is 0. The maximum Gasteiger partial charge on any atom is 0.282 e. The second-order valence-corrected chi connectivity index (χ2v) is 5.40. The Morgan fingerprint density at radius 2 is 2.06 bits per heavy atom. The first-order chi connectivity index (χ1) is 7.65. The van der Waals surface area contributed by atoms with Gasteiger partial charge in [0.1, 0.15) is 0 Å². The number of carbonyl (C=O) groups excluding carboxylic acids is 1. The van der Waals surface area contributed by atoms with Gasteiger partial charge in [0, 0.05) is 6.04 Å². The lowest BCUT2D eigenvalue weighted by Gasteiger charge is -2.25. The number of hydrogen-bond acceptors (Lipinski definition) is 5. The lowest BCUT2D eigenvalue weighted by molar-refractivity contribution is 0.0866. The lowest BCUT2D eigenvalue weighted by atomic mass is 9.93. The van der Waals surface area contributed by atoms with Crippen LogP contribution in [0.3, 0.4) is 0 Å². The van der Waals surface area contributed by atoms with Crippen molar-refractivity contribution in [1.82, 2.24) is 15.5 Å². The second kappa shape index (κ2) is 5.07. The number of aliphatic hydroxyl groups is 1. The molecule has 1 amide bonds. The van der Waals surface area contributed by atoms with E-state index in [-0.39, 0.29) is 27.5 Å². The largest absolute Gasteiger partial charge is 0.393 e. The molecule has 16 heavy (non-hydrogen) atoms. The van der Waals surface area contributed by atoms with Crippen LogP contribution >= 0.6 is 22.9 Å². The van der Waals surface area contributed by atoms with Gasteiger partial charge in [-0.3, -0.25) is 4.79 Å². The first-order valence-electron chi connectivity index (χ1n) is 5.13. The molecule has 88 valence electrons. The van der Waals surface area contributed by atoms with E-state index < -0.39 is 0 Å². The Balaban J connectivity index is 1.88. The summed E-state index contributed by atoms with van der Waals surface area (Å²) in [7, 11) is 0. The Morgan fingerprint density at radius 1 is 1.38 bits per heavy atom. The number of nitrogens with zero attached hydrogens (tertiary/aromatic N) is 2. The van der Waals surface area contributed by atoms with Crippen LogP contribution in [0.25, 0.3) is 0 Å². The van der Waals surface area contributed by atoms with Crippen molar-refractivity contribution >= 4 is 28.8 Å². The zero-order valence-corrected chi connectivity index (χ0v) is 10.1. The molecule has 1 aliphatic rings. The third-order valence-electron chi connectivity index (χ3n) is 2.63. The number of nitrogens with one attached hydrogen (secondary N) is 1. The molecule has 7 heteroatoms. The molecular weight excluding hydrogens is 250 g/mol. The van der Waals surface area contributed by atoms with Gasteiger partial charge >= 0.3 is 0 Å². The van der Waals surface area contributed by atoms with Crippen LogP contribution in [-0.4, -0.2) is 33.4 Å². The summed E-state index contributed by atoms with van der Waals surface area (Å²) < 4.78 is 0.268. The van der Waals surface area contributed by atoms with E-state index in [0.717, 1.165) is 37.0 Å². The van der Waals surface area contributed by atoms with Crippen molar-refractivity contribution in [2.45, 2.75) is 37.8 Å². The highest BCUT2D eigenvalue weighted by atomic mass is 35.5. The number of aromatic nitrogens is 2. The summed E-state index contributed by atoms with van der Waals surface area (Å²) in [6, 6.07) is 0.124.